The van der Waals surface area contributed by atoms with Crippen LogP contribution in [0.1, 0.15) is 15.2 Å². The molecule has 0 radical (unpaired) electrons. The van der Waals surface area contributed by atoms with Crippen LogP contribution in [0.2, 0.25) is 0 Å². The Bertz CT molecular complexity index is 585. The molecule has 4 heteroatoms. The van der Waals surface area contributed by atoms with E-state index in [1.165, 1.54) is 7.11 Å². The molecule has 0 aliphatic rings. The van der Waals surface area contributed by atoms with Crippen molar-refractivity contribution in [2.24, 2.45) is 0 Å². The van der Waals surface area contributed by atoms with Gasteiger partial charge in [-0.25, -0.2) is 0 Å². The van der Waals surface area contributed by atoms with Crippen LogP contribution < -0.4 is 9.47 Å². The predicted molar refractivity (Wildman–Crippen MR) is 77.2 cm³/mol. The van der Waals surface area contributed by atoms with E-state index in [4.69, 9.17) is 9.47 Å². The van der Waals surface area contributed by atoms with E-state index < -0.39 is 0 Å². The fourth-order valence-corrected chi connectivity index (χ4v) is 2.25. The van der Waals surface area contributed by atoms with Gasteiger partial charge in [0, 0.05) is 10.9 Å². The number of ketones is 1. The van der Waals surface area contributed by atoms with Crippen LogP contribution in [0.5, 0.6) is 11.5 Å². The van der Waals surface area contributed by atoms with Crippen molar-refractivity contribution in [2.45, 2.75) is 0 Å². The summed E-state index contributed by atoms with van der Waals surface area (Å²) in [7, 11) is 3.11. The largest absolute Gasteiger partial charge is 0.497 e. The first-order valence-corrected chi connectivity index (χ1v) is 6.60. The van der Waals surface area contributed by atoms with Crippen LogP contribution in [0.3, 0.4) is 0 Å². The Hall–Kier alpha value is -2.07. The topological polar surface area (TPSA) is 35.5 Å². The Morgan fingerprint density at radius 2 is 2.05 bits per heavy atom. The number of methoxy groups -OCH3 is 2. The number of rotatable bonds is 5. The summed E-state index contributed by atoms with van der Waals surface area (Å²) in [5.74, 6) is 1.09. The molecule has 0 aliphatic carbocycles. The van der Waals surface area contributed by atoms with Gasteiger partial charge < -0.3 is 9.47 Å². The summed E-state index contributed by atoms with van der Waals surface area (Å²) in [6.07, 6.45) is 3.35. The number of hydrogen-bond acceptors (Lipinski definition) is 4. The molecule has 0 spiro atoms. The molecule has 3 nitrogen and oxygen atoms in total. The molecule has 0 fully saturated rings. The van der Waals surface area contributed by atoms with Crippen LogP contribution in [-0.2, 0) is 0 Å². The minimum Gasteiger partial charge on any atom is -0.497 e. The lowest BCUT2D eigenvalue weighted by atomic mass is 10.1. The van der Waals surface area contributed by atoms with E-state index in [-0.39, 0.29) is 5.78 Å². The molecule has 1 aromatic carbocycles. The summed E-state index contributed by atoms with van der Waals surface area (Å²) in [5.41, 5.74) is 0.524. The summed E-state index contributed by atoms with van der Waals surface area (Å²) < 4.78 is 10.3. The van der Waals surface area contributed by atoms with E-state index in [1.807, 2.05) is 17.5 Å². The molecule has 19 heavy (non-hydrogen) atoms. The number of carbonyl (C=O) groups excluding carboxylic acids is 1. The SMILES string of the molecule is COc1ccc(C(=O)/C=C/c2cccs2)c(OC)c1. The molecule has 0 unspecified atom stereocenters. The van der Waals surface area contributed by atoms with Gasteiger partial charge in [-0.1, -0.05) is 6.07 Å². The minimum atomic E-state index is -0.0899. The highest BCUT2D eigenvalue weighted by Crippen LogP contribution is 2.25. The van der Waals surface area contributed by atoms with E-state index >= 15 is 0 Å². The van der Waals surface area contributed by atoms with E-state index in [9.17, 15) is 4.79 Å². The zero-order valence-electron chi connectivity index (χ0n) is 10.8. The maximum absolute atomic E-state index is 12.1. The van der Waals surface area contributed by atoms with Crippen LogP contribution in [-0.4, -0.2) is 20.0 Å². The molecule has 0 saturated heterocycles. The van der Waals surface area contributed by atoms with Gasteiger partial charge in [0.25, 0.3) is 0 Å². The molecule has 0 saturated carbocycles. The molecule has 0 aliphatic heterocycles. The average Bonchev–Trinajstić information content (AvgIpc) is 2.97. The third-order valence-electron chi connectivity index (χ3n) is 2.62. The van der Waals surface area contributed by atoms with Crippen LogP contribution in [0, 0.1) is 0 Å². The van der Waals surface area contributed by atoms with Gasteiger partial charge in [0.05, 0.1) is 19.8 Å². The van der Waals surface area contributed by atoms with Crippen molar-refractivity contribution < 1.29 is 14.3 Å². The van der Waals surface area contributed by atoms with Crippen LogP contribution >= 0.6 is 11.3 Å². The van der Waals surface area contributed by atoms with Gasteiger partial charge in [0.2, 0.25) is 0 Å². The summed E-state index contributed by atoms with van der Waals surface area (Å²) in [6.45, 7) is 0. The molecule has 1 heterocycles. The van der Waals surface area contributed by atoms with Gasteiger partial charge in [-0.05, 0) is 35.7 Å². The highest BCUT2D eigenvalue weighted by atomic mass is 32.1. The lowest BCUT2D eigenvalue weighted by Crippen LogP contribution is -1.99. The van der Waals surface area contributed by atoms with Gasteiger partial charge in [-0.3, -0.25) is 4.79 Å². The van der Waals surface area contributed by atoms with Crippen molar-refractivity contribution in [1.29, 1.82) is 0 Å². The molecule has 0 N–H and O–H groups in total. The number of carbonyl (C=O) groups is 1. The third kappa shape index (κ3) is 3.23. The number of thiophene rings is 1. The molecule has 0 atom stereocenters. The molecular weight excluding hydrogens is 260 g/mol. The first-order chi connectivity index (χ1) is 9.24. The quantitative estimate of drug-likeness (QED) is 0.616. The number of hydrogen-bond donors (Lipinski definition) is 0. The summed E-state index contributed by atoms with van der Waals surface area (Å²) in [4.78, 5) is 13.2. The van der Waals surface area contributed by atoms with Gasteiger partial charge in [-0.15, -0.1) is 11.3 Å². The fourth-order valence-electron chi connectivity index (χ4n) is 1.64. The summed E-state index contributed by atoms with van der Waals surface area (Å²) in [5, 5.41) is 1.97. The Kier molecular flexibility index (Phi) is 4.36. The zero-order valence-corrected chi connectivity index (χ0v) is 11.6. The second kappa shape index (κ2) is 6.20. The monoisotopic (exact) mass is 274 g/mol. The molecule has 2 aromatic rings. The normalized spacial score (nSPS) is 10.6. The standard InChI is InChI=1S/C15H14O3S/c1-17-11-5-7-13(15(10-11)18-2)14(16)8-6-12-4-3-9-19-12/h3-10H,1-2H3/b8-6+. The maximum Gasteiger partial charge on any atom is 0.189 e. The predicted octanol–water partition coefficient (Wildman–Crippen LogP) is 3.66. The van der Waals surface area contributed by atoms with Crippen molar-refractivity contribution in [2.75, 3.05) is 14.2 Å². The third-order valence-corrected chi connectivity index (χ3v) is 3.45. The van der Waals surface area contributed by atoms with E-state index in [1.54, 1.807) is 48.8 Å². The molecule has 98 valence electrons. The Balaban J connectivity index is 2.23. The smallest absolute Gasteiger partial charge is 0.189 e. The Morgan fingerprint density at radius 3 is 2.68 bits per heavy atom. The van der Waals surface area contributed by atoms with Gasteiger partial charge >= 0.3 is 0 Å². The Labute approximate surface area is 116 Å². The molecule has 2 rings (SSSR count). The maximum atomic E-state index is 12.1. The van der Waals surface area contributed by atoms with Crippen LogP contribution in [0.15, 0.2) is 41.8 Å². The van der Waals surface area contributed by atoms with Crippen molar-refractivity contribution >= 4 is 23.2 Å². The highest BCUT2D eigenvalue weighted by Gasteiger charge is 2.10. The highest BCUT2D eigenvalue weighted by molar-refractivity contribution is 7.10. The van der Waals surface area contributed by atoms with Crippen LogP contribution in [0.25, 0.3) is 6.08 Å². The van der Waals surface area contributed by atoms with Crippen molar-refractivity contribution in [3.8, 4) is 11.5 Å². The number of ether oxygens (including phenoxy) is 2. The Morgan fingerprint density at radius 1 is 1.21 bits per heavy atom. The second-order valence-corrected chi connectivity index (χ2v) is 4.76. The van der Waals surface area contributed by atoms with Crippen molar-refractivity contribution in [3.05, 3.63) is 52.2 Å². The van der Waals surface area contributed by atoms with Gasteiger partial charge in [-0.2, -0.15) is 0 Å². The summed E-state index contributed by atoms with van der Waals surface area (Å²) >= 11 is 1.59. The minimum absolute atomic E-state index is 0.0899. The molecule has 0 amide bonds. The first-order valence-electron chi connectivity index (χ1n) is 5.72. The van der Waals surface area contributed by atoms with Crippen molar-refractivity contribution in [3.63, 3.8) is 0 Å². The van der Waals surface area contributed by atoms with E-state index in [0.717, 1.165) is 4.88 Å². The van der Waals surface area contributed by atoms with E-state index in [0.29, 0.717) is 17.1 Å². The lowest BCUT2D eigenvalue weighted by molar-refractivity contribution is 0.104. The van der Waals surface area contributed by atoms with Crippen LogP contribution in [0.4, 0.5) is 0 Å². The van der Waals surface area contributed by atoms with E-state index in [2.05, 4.69) is 0 Å². The molecule has 0 bridgehead atoms. The summed E-state index contributed by atoms with van der Waals surface area (Å²) in [6, 6.07) is 9.06. The van der Waals surface area contributed by atoms with Crippen molar-refractivity contribution in [1.82, 2.24) is 0 Å². The van der Waals surface area contributed by atoms with Gasteiger partial charge in [0.1, 0.15) is 11.5 Å². The second-order valence-electron chi connectivity index (χ2n) is 3.78. The first kappa shape index (κ1) is 13.4. The lowest BCUT2D eigenvalue weighted by Gasteiger charge is -2.07. The average molecular weight is 274 g/mol. The fraction of sp³-hybridized carbons (Fsp3) is 0.133. The molecule has 1 aromatic heterocycles. The zero-order chi connectivity index (χ0) is 13.7. The molecular formula is C15H14O3S. The number of benzene rings is 1. The van der Waals surface area contributed by atoms with Gasteiger partial charge in [0.15, 0.2) is 5.78 Å². The number of allylic oxidation sites excluding steroid dienone is 1.